The third kappa shape index (κ3) is 5.35. The highest BCUT2D eigenvalue weighted by Crippen LogP contribution is 2.39. The Morgan fingerprint density at radius 3 is 2.80 bits per heavy atom. The number of aromatic nitrogens is 2. The normalized spacial score (nSPS) is 20.1. The van der Waals surface area contributed by atoms with Gasteiger partial charge in [0.2, 0.25) is 11.9 Å². The van der Waals surface area contributed by atoms with Crippen LogP contribution in [0.4, 0.5) is 5.95 Å². The van der Waals surface area contributed by atoms with Gasteiger partial charge in [-0.3, -0.25) is 9.59 Å². The fraction of sp³-hybridized carbons (Fsp3) is 0.400. The Morgan fingerprint density at radius 2 is 2.02 bits per heavy atom. The molecule has 3 heterocycles. The molecule has 0 bridgehead atoms. The standard InChI is InChI=1S/C30H32ClN5O5/c1-40-22-5-4-18-6-9-30(17-37,24(18)13-22)35-26(38)16-36-15-20-3-2-19(12-23(20)28(36)39)27-25(31)14-32-29(34-27)33-21-7-10-41-11-8-21/h2-5,12-14,21,37H,6-11,15-17H2,1H3,(H,35,38)(H,32,33,34)/t30-/m0/s1. The molecule has 6 rings (SSSR count). The predicted octanol–water partition coefficient (Wildman–Crippen LogP) is 3.30. The van der Waals surface area contributed by atoms with Crippen molar-refractivity contribution < 1.29 is 24.2 Å². The number of carbonyl (C=O) groups excluding carboxylic acids is 2. The molecule has 3 aliphatic rings. The van der Waals surface area contributed by atoms with E-state index in [1.807, 2.05) is 30.3 Å². The molecule has 1 aliphatic carbocycles. The molecular weight excluding hydrogens is 546 g/mol. The van der Waals surface area contributed by atoms with E-state index in [4.69, 9.17) is 21.1 Å². The van der Waals surface area contributed by atoms with Gasteiger partial charge in [0.1, 0.15) is 12.3 Å². The first-order chi connectivity index (χ1) is 19.9. The van der Waals surface area contributed by atoms with Crippen molar-refractivity contribution in [2.24, 2.45) is 0 Å². The highest BCUT2D eigenvalue weighted by Gasteiger charge is 2.41. The second kappa shape index (κ2) is 11.3. The van der Waals surface area contributed by atoms with Crippen LogP contribution >= 0.6 is 11.6 Å². The molecule has 3 aromatic rings. The number of methoxy groups -OCH3 is 1. The lowest BCUT2D eigenvalue weighted by molar-refractivity contribution is -0.124. The highest BCUT2D eigenvalue weighted by atomic mass is 35.5. The zero-order chi connectivity index (χ0) is 28.6. The fourth-order valence-electron chi connectivity index (χ4n) is 5.94. The molecule has 11 heteroatoms. The summed E-state index contributed by atoms with van der Waals surface area (Å²) in [4.78, 5) is 37.1. The zero-order valence-electron chi connectivity index (χ0n) is 22.8. The molecule has 0 saturated carbocycles. The Bertz CT molecular complexity index is 1490. The first-order valence-corrected chi connectivity index (χ1v) is 14.2. The van der Waals surface area contributed by atoms with E-state index in [0.717, 1.165) is 36.0 Å². The number of fused-ring (bicyclic) bond motifs is 2. The lowest BCUT2D eigenvalue weighted by Crippen LogP contribution is -2.50. The average Bonchev–Trinajstić information content (AvgIpc) is 3.50. The number of nitrogens with one attached hydrogen (secondary N) is 2. The van der Waals surface area contributed by atoms with Crippen molar-refractivity contribution in [1.29, 1.82) is 0 Å². The van der Waals surface area contributed by atoms with Crippen molar-refractivity contribution in [3.05, 3.63) is 69.9 Å². The van der Waals surface area contributed by atoms with Gasteiger partial charge in [-0.1, -0.05) is 29.8 Å². The maximum Gasteiger partial charge on any atom is 0.254 e. The molecule has 2 aromatic carbocycles. The van der Waals surface area contributed by atoms with E-state index in [1.165, 1.54) is 4.90 Å². The second-order valence-corrected chi connectivity index (χ2v) is 11.2. The minimum Gasteiger partial charge on any atom is -0.497 e. The quantitative estimate of drug-likeness (QED) is 0.372. The summed E-state index contributed by atoms with van der Waals surface area (Å²) < 4.78 is 10.8. The monoisotopic (exact) mass is 577 g/mol. The van der Waals surface area contributed by atoms with Gasteiger partial charge in [0, 0.05) is 36.9 Å². The average molecular weight is 578 g/mol. The second-order valence-electron chi connectivity index (χ2n) is 10.8. The number of amides is 2. The number of hydrogen-bond donors (Lipinski definition) is 3. The van der Waals surface area contributed by atoms with Crippen molar-refractivity contribution in [3.63, 3.8) is 0 Å². The van der Waals surface area contributed by atoms with Crippen LogP contribution in [-0.2, 0) is 28.0 Å². The summed E-state index contributed by atoms with van der Waals surface area (Å²) in [5.41, 5.74) is 3.56. The highest BCUT2D eigenvalue weighted by molar-refractivity contribution is 6.33. The summed E-state index contributed by atoms with van der Waals surface area (Å²) in [6, 6.07) is 11.5. The molecule has 1 aromatic heterocycles. The molecule has 1 saturated heterocycles. The van der Waals surface area contributed by atoms with Gasteiger partial charge in [-0.2, -0.15) is 0 Å². The number of anilines is 1. The topological polar surface area (TPSA) is 126 Å². The first-order valence-electron chi connectivity index (χ1n) is 13.8. The Hall–Kier alpha value is -3.73. The number of aryl methyl sites for hydroxylation is 1. The largest absolute Gasteiger partial charge is 0.497 e. The van der Waals surface area contributed by atoms with Crippen molar-refractivity contribution in [1.82, 2.24) is 20.2 Å². The van der Waals surface area contributed by atoms with Gasteiger partial charge < -0.3 is 30.1 Å². The van der Waals surface area contributed by atoms with Gasteiger partial charge in [0.25, 0.3) is 5.91 Å². The van der Waals surface area contributed by atoms with Gasteiger partial charge >= 0.3 is 0 Å². The Labute approximate surface area is 243 Å². The summed E-state index contributed by atoms with van der Waals surface area (Å²) in [5, 5.41) is 17.1. The molecule has 0 spiro atoms. The van der Waals surface area contributed by atoms with Crippen LogP contribution in [-0.4, -0.2) is 71.3 Å². The smallest absolute Gasteiger partial charge is 0.254 e. The number of benzene rings is 2. The molecule has 214 valence electrons. The summed E-state index contributed by atoms with van der Waals surface area (Å²) in [5.74, 6) is 0.562. The van der Waals surface area contributed by atoms with E-state index in [-0.39, 0.29) is 31.0 Å². The number of aliphatic hydroxyl groups is 1. The van der Waals surface area contributed by atoms with E-state index in [1.54, 1.807) is 19.4 Å². The van der Waals surface area contributed by atoms with Crippen LogP contribution in [0.5, 0.6) is 5.75 Å². The van der Waals surface area contributed by atoms with E-state index >= 15 is 0 Å². The number of nitrogens with zero attached hydrogens (tertiary/aromatic N) is 3. The molecular formula is C30H32ClN5O5. The number of carbonyl (C=O) groups is 2. The van der Waals surface area contributed by atoms with Crippen LogP contribution in [0.15, 0.2) is 42.6 Å². The number of halogens is 1. The lowest BCUT2D eigenvalue weighted by atomic mass is 9.92. The summed E-state index contributed by atoms with van der Waals surface area (Å²) in [7, 11) is 1.58. The third-order valence-corrected chi connectivity index (χ3v) is 8.47. The molecule has 3 N–H and O–H groups in total. The molecule has 0 unspecified atom stereocenters. The van der Waals surface area contributed by atoms with E-state index in [2.05, 4.69) is 20.6 Å². The Morgan fingerprint density at radius 1 is 1.22 bits per heavy atom. The minimum atomic E-state index is -0.913. The number of aliphatic hydroxyl groups excluding tert-OH is 1. The number of hydrogen-bond acceptors (Lipinski definition) is 8. The molecule has 10 nitrogen and oxygen atoms in total. The maximum atomic E-state index is 13.4. The van der Waals surface area contributed by atoms with Gasteiger partial charge in [-0.15, -0.1) is 0 Å². The van der Waals surface area contributed by atoms with Crippen LogP contribution in [0.3, 0.4) is 0 Å². The molecule has 2 aliphatic heterocycles. The molecule has 0 radical (unpaired) electrons. The van der Waals surface area contributed by atoms with Crippen molar-refractivity contribution in [3.8, 4) is 17.0 Å². The van der Waals surface area contributed by atoms with E-state index < -0.39 is 5.54 Å². The maximum absolute atomic E-state index is 13.4. The van der Waals surface area contributed by atoms with Crippen LogP contribution < -0.4 is 15.4 Å². The first kappa shape index (κ1) is 27.4. The molecule has 1 atom stereocenters. The van der Waals surface area contributed by atoms with Crippen LogP contribution in [0.1, 0.15) is 46.3 Å². The van der Waals surface area contributed by atoms with Gasteiger partial charge in [-0.25, -0.2) is 9.97 Å². The third-order valence-electron chi connectivity index (χ3n) is 8.20. The minimum absolute atomic E-state index is 0.128. The van der Waals surface area contributed by atoms with Crippen molar-refractivity contribution >= 4 is 29.4 Å². The van der Waals surface area contributed by atoms with Crippen molar-refractivity contribution in [2.45, 2.75) is 43.8 Å². The molecule has 41 heavy (non-hydrogen) atoms. The summed E-state index contributed by atoms with van der Waals surface area (Å²) in [6.07, 6.45) is 4.61. The Kier molecular flexibility index (Phi) is 7.54. The number of rotatable bonds is 8. The Balaban J connectivity index is 1.16. The summed E-state index contributed by atoms with van der Waals surface area (Å²) >= 11 is 6.47. The lowest BCUT2D eigenvalue weighted by Gasteiger charge is -2.30. The van der Waals surface area contributed by atoms with Gasteiger partial charge in [0.15, 0.2) is 0 Å². The van der Waals surface area contributed by atoms with E-state index in [9.17, 15) is 14.7 Å². The summed E-state index contributed by atoms with van der Waals surface area (Å²) in [6.45, 7) is 1.33. The van der Waals surface area contributed by atoms with Crippen molar-refractivity contribution in [2.75, 3.05) is 38.8 Å². The van der Waals surface area contributed by atoms with E-state index in [0.29, 0.717) is 59.7 Å². The zero-order valence-corrected chi connectivity index (χ0v) is 23.5. The van der Waals surface area contributed by atoms with Crippen LogP contribution in [0.25, 0.3) is 11.3 Å². The predicted molar refractivity (Wildman–Crippen MR) is 153 cm³/mol. The van der Waals surface area contributed by atoms with Gasteiger partial charge in [-0.05, 0) is 60.6 Å². The van der Waals surface area contributed by atoms with Crippen LogP contribution in [0, 0.1) is 0 Å². The molecule has 1 fully saturated rings. The van der Waals surface area contributed by atoms with Gasteiger partial charge in [0.05, 0.1) is 36.2 Å². The number of ether oxygens (including phenoxy) is 2. The SMILES string of the molecule is COc1ccc2c(c1)[C@](CO)(NC(=O)CN1Cc3ccc(-c4nc(NC5CCOCC5)ncc4Cl)cc3C1=O)CC2. The fourth-order valence-corrected chi connectivity index (χ4v) is 6.14. The van der Waals surface area contributed by atoms with Crippen LogP contribution in [0.2, 0.25) is 5.02 Å². The molecule has 2 amide bonds.